The van der Waals surface area contributed by atoms with Crippen LogP contribution in [0, 0.1) is 5.92 Å². The molecule has 0 saturated carbocycles. The summed E-state index contributed by atoms with van der Waals surface area (Å²) >= 11 is 0. The molecule has 0 N–H and O–H groups in total. The van der Waals surface area contributed by atoms with Crippen molar-refractivity contribution in [2.24, 2.45) is 5.92 Å². The van der Waals surface area contributed by atoms with E-state index >= 15 is 0 Å². The van der Waals surface area contributed by atoms with Crippen molar-refractivity contribution in [2.75, 3.05) is 4.90 Å². The summed E-state index contributed by atoms with van der Waals surface area (Å²) in [5.41, 5.74) is 1.61. The van der Waals surface area contributed by atoms with Gasteiger partial charge in [0.1, 0.15) is 5.60 Å². The molecule has 2 aromatic rings. The summed E-state index contributed by atoms with van der Waals surface area (Å²) in [4.78, 5) is 42.3. The summed E-state index contributed by atoms with van der Waals surface area (Å²) in [6, 6.07) is 11.2. The van der Waals surface area contributed by atoms with Crippen LogP contribution in [0.25, 0.3) is 0 Å². The summed E-state index contributed by atoms with van der Waals surface area (Å²) in [5, 5.41) is 0. The second-order valence-corrected chi connectivity index (χ2v) is 11.2. The van der Waals surface area contributed by atoms with Gasteiger partial charge in [-0.15, -0.1) is 0 Å². The van der Waals surface area contributed by atoms with E-state index in [9.17, 15) is 27.6 Å². The van der Waals surface area contributed by atoms with Crippen LogP contribution in [-0.4, -0.2) is 34.6 Å². The zero-order valence-corrected chi connectivity index (χ0v) is 22.7. The number of fused-ring (bicyclic) bond motifs is 3. The standard InChI is InChI=1S/C30H29F3N2O5/c1-16-17(2)27(34(25(16)36)20-12-10-19(11-13-20)30(31,32)33)39-15-23-22-14-18-8-6-7-9-21(18)24(22)35(26(23)37)28(38)40-29(3,4)5/h6-13,15,22,24,27H,14H2,1-5H3. The van der Waals surface area contributed by atoms with Crippen molar-refractivity contribution < 1.29 is 37.0 Å². The molecule has 1 saturated heterocycles. The first kappa shape index (κ1) is 27.5. The van der Waals surface area contributed by atoms with Gasteiger partial charge >= 0.3 is 12.3 Å². The molecule has 10 heteroatoms. The molecule has 1 fully saturated rings. The average Bonchev–Trinajstić information content (AvgIpc) is 3.44. The molecule has 5 rings (SSSR count). The molecule has 2 aromatic carbocycles. The molecule has 0 radical (unpaired) electrons. The summed E-state index contributed by atoms with van der Waals surface area (Å²) in [5.74, 6) is -1.36. The molecule has 3 atom stereocenters. The summed E-state index contributed by atoms with van der Waals surface area (Å²) < 4.78 is 50.9. The average molecular weight is 555 g/mol. The predicted molar refractivity (Wildman–Crippen MR) is 140 cm³/mol. The van der Waals surface area contributed by atoms with E-state index in [2.05, 4.69) is 0 Å². The smallest absolute Gasteiger partial charge is 0.417 e. The highest BCUT2D eigenvalue weighted by Gasteiger charge is 2.53. The minimum Gasteiger partial charge on any atom is -0.473 e. The number of ether oxygens (including phenoxy) is 2. The number of nitrogens with zero attached hydrogens (tertiary/aromatic N) is 2. The fourth-order valence-electron chi connectivity index (χ4n) is 5.44. The molecule has 40 heavy (non-hydrogen) atoms. The predicted octanol–water partition coefficient (Wildman–Crippen LogP) is 6.31. The molecule has 0 spiro atoms. The minimum atomic E-state index is -4.52. The Balaban J connectivity index is 1.48. The zero-order chi connectivity index (χ0) is 29.1. The fourth-order valence-corrected chi connectivity index (χ4v) is 5.44. The van der Waals surface area contributed by atoms with E-state index in [1.54, 1.807) is 34.6 Å². The lowest BCUT2D eigenvalue weighted by Gasteiger charge is -2.27. The van der Waals surface area contributed by atoms with Crippen molar-refractivity contribution in [1.29, 1.82) is 0 Å². The van der Waals surface area contributed by atoms with E-state index in [0.29, 0.717) is 17.6 Å². The molecule has 3 unspecified atom stereocenters. The maximum Gasteiger partial charge on any atom is 0.417 e. The molecule has 210 valence electrons. The Hall–Kier alpha value is -4.08. The van der Waals surface area contributed by atoms with Crippen LogP contribution < -0.4 is 4.90 Å². The first-order valence-corrected chi connectivity index (χ1v) is 12.9. The molecule has 0 bridgehead atoms. The quantitative estimate of drug-likeness (QED) is 0.329. The van der Waals surface area contributed by atoms with Crippen molar-refractivity contribution in [1.82, 2.24) is 4.90 Å². The largest absolute Gasteiger partial charge is 0.473 e. The van der Waals surface area contributed by atoms with Crippen LogP contribution in [0.15, 0.2) is 71.5 Å². The van der Waals surface area contributed by atoms with Crippen LogP contribution in [0.3, 0.4) is 0 Å². The normalized spacial score (nSPS) is 23.7. The SMILES string of the molecule is CC1=C(C)C(OC=C2C(=O)N(C(=O)OC(C)(C)C)C3c4ccccc4CC23)N(c2ccc(C(F)(F)F)cc2)C1=O. The van der Waals surface area contributed by atoms with Gasteiger partial charge < -0.3 is 9.47 Å². The highest BCUT2D eigenvalue weighted by atomic mass is 19.4. The van der Waals surface area contributed by atoms with Gasteiger partial charge in [0.05, 0.1) is 23.4 Å². The first-order chi connectivity index (χ1) is 18.7. The zero-order valence-electron chi connectivity index (χ0n) is 22.7. The lowest BCUT2D eigenvalue weighted by atomic mass is 9.97. The van der Waals surface area contributed by atoms with Crippen molar-refractivity contribution in [3.05, 3.63) is 88.2 Å². The molecule has 3 aliphatic rings. The minimum absolute atomic E-state index is 0.219. The van der Waals surface area contributed by atoms with Gasteiger partial charge in [-0.3, -0.25) is 14.5 Å². The Morgan fingerprint density at radius 1 is 0.975 bits per heavy atom. The molecule has 3 amide bonds. The van der Waals surface area contributed by atoms with Gasteiger partial charge in [0.2, 0.25) is 6.23 Å². The third-order valence-electron chi connectivity index (χ3n) is 7.46. The van der Waals surface area contributed by atoms with E-state index in [1.165, 1.54) is 23.3 Å². The van der Waals surface area contributed by atoms with Crippen molar-refractivity contribution in [3.8, 4) is 0 Å². The Kier molecular flexibility index (Phi) is 6.55. The second kappa shape index (κ2) is 9.53. The number of carbonyl (C=O) groups excluding carboxylic acids is 3. The van der Waals surface area contributed by atoms with E-state index < -0.39 is 47.5 Å². The van der Waals surface area contributed by atoms with Gasteiger partial charge in [0, 0.05) is 17.2 Å². The lowest BCUT2D eigenvalue weighted by molar-refractivity contribution is -0.137. The van der Waals surface area contributed by atoms with Crippen LogP contribution in [0.4, 0.5) is 23.7 Å². The van der Waals surface area contributed by atoms with Crippen molar-refractivity contribution >= 4 is 23.6 Å². The van der Waals surface area contributed by atoms with Crippen LogP contribution in [-0.2, 0) is 31.7 Å². The monoisotopic (exact) mass is 554 g/mol. The molecule has 7 nitrogen and oxygen atoms in total. The number of likely N-dealkylation sites (tertiary alicyclic amines) is 1. The molecule has 0 aromatic heterocycles. The third kappa shape index (κ3) is 4.65. The summed E-state index contributed by atoms with van der Waals surface area (Å²) in [6.45, 7) is 8.46. The van der Waals surface area contributed by atoms with Crippen LogP contribution in [0.2, 0.25) is 0 Å². The maximum atomic E-state index is 13.6. The molecule has 2 heterocycles. The first-order valence-electron chi connectivity index (χ1n) is 12.9. The number of imide groups is 1. The number of hydrogen-bond donors (Lipinski definition) is 0. The highest BCUT2D eigenvalue weighted by Crippen LogP contribution is 2.50. The van der Waals surface area contributed by atoms with Gasteiger partial charge in [0.15, 0.2) is 0 Å². The van der Waals surface area contributed by atoms with Crippen LogP contribution >= 0.6 is 0 Å². The highest BCUT2D eigenvalue weighted by molar-refractivity contribution is 6.09. The number of rotatable bonds is 3. The van der Waals surface area contributed by atoms with Gasteiger partial charge in [-0.1, -0.05) is 24.3 Å². The summed E-state index contributed by atoms with van der Waals surface area (Å²) in [7, 11) is 0. The van der Waals surface area contributed by atoms with Gasteiger partial charge in [-0.25, -0.2) is 9.69 Å². The molecular formula is C30H29F3N2O5. The van der Waals surface area contributed by atoms with E-state index in [1.807, 2.05) is 24.3 Å². The molecule has 2 aliphatic heterocycles. The van der Waals surface area contributed by atoms with Gasteiger partial charge in [0.25, 0.3) is 11.8 Å². The van der Waals surface area contributed by atoms with Crippen molar-refractivity contribution in [3.63, 3.8) is 0 Å². The molecule has 1 aliphatic carbocycles. The number of anilines is 1. The Morgan fingerprint density at radius 3 is 2.25 bits per heavy atom. The Labute approximate surface area is 229 Å². The number of benzene rings is 2. The van der Waals surface area contributed by atoms with E-state index in [-0.39, 0.29) is 17.2 Å². The van der Waals surface area contributed by atoms with Crippen LogP contribution in [0.1, 0.15) is 57.4 Å². The number of carbonyl (C=O) groups is 3. The van der Waals surface area contributed by atoms with E-state index in [0.717, 1.165) is 28.2 Å². The van der Waals surface area contributed by atoms with Gasteiger partial charge in [-0.05, 0) is 82.0 Å². The van der Waals surface area contributed by atoms with Crippen molar-refractivity contribution in [2.45, 2.75) is 65.1 Å². The maximum absolute atomic E-state index is 13.6. The van der Waals surface area contributed by atoms with Gasteiger partial charge in [-0.2, -0.15) is 13.2 Å². The summed E-state index contributed by atoms with van der Waals surface area (Å²) in [6.07, 6.45) is -4.48. The topological polar surface area (TPSA) is 76.2 Å². The van der Waals surface area contributed by atoms with Crippen LogP contribution in [0.5, 0.6) is 0 Å². The number of alkyl halides is 3. The fraction of sp³-hybridized carbons (Fsp3) is 0.367. The Morgan fingerprint density at radius 2 is 1.62 bits per heavy atom. The molecular weight excluding hydrogens is 525 g/mol. The Bertz CT molecular complexity index is 1450. The number of halogens is 3. The van der Waals surface area contributed by atoms with E-state index in [4.69, 9.17) is 9.47 Å². The second-order valence-electron chi connectivity index (χ2n) is 11.2. The third-order valence-corrected chi connectivity index (χ3v) is 7.46. The number of hydrogen-bond acceptors (Lipinski definition) is 5. The lowest BCUT2D eigenvalue weighted by Crippen LogP contribution is -2.39. The number of amides is 3.